The molecule has 3 nitrogen and oxygen atoms in total. The van der Waals surface area contributed by atoms with Gasteiger partial charge >= 0.3 is 0 Å². The Bertz CT molecular complexity index is 318. The summed E-state index contributed by atoms with van der Waals surface area (Å²) < 4.78 is 2.02. The van der Waals surface area contributed by atoms with Crippen LogP contribution in [-0.2, 0) is 13.0 Å². The summed E-state index contributed by atoms with van der Waals surface area (Å²) >= 11 is 0. The number of nitrogens with zero attached hydrogens (tertiary/aromatic N) is 3. The van der Waals surface area contributed by atoms with Crippen molar-refractivity contribution in [3.63, 3.8) is 0 Å². The quantitative estimate of drug-likeness (QED) is 0.766. The maximum absolute atomic E-state index is 4.31. The van der Waals surface area contributed by atoms with Gasteiger partial charge in [0.1, 0.15) is 0 Å². The van der Waals surface area contributed by atoms with Gasteiger partial charge in [0.25, 0.3) is 0 Å². The Balaban J connectivity index is 3.03. The van der Waals surface area contributed by atoms with Crippen LogP contribution in [0.2, 0.25) is 0 Å². The first-order valence-corrected chi connectivity index (χ1v) is 5.77. The maximum Gasteiger partial charge on any atom is 0.0867 e. The zero-order chi connectivity index (χ0) is 11.6. The Morgan fingerprint density at radius 1 is 1.27 bits per heavy atom. The van der Waals surface area contributed by atoms with Crippen molar-refractivity contribution < 1.29 is 0 Å². The molecule has 0 spiro atoms. The van der Waals surface area contributed by atoms with Gasteiger partial charge in [-0.15, -0.1) is 5.10 Å². The lowest BCUT2D eigenvalue weighted by atomic mass is 9.88. The Hall–Kier alpha value is -0.860. The molecule has 0 unspecified atom stereocenters. The van der Waals surface area contributed by atoms with E-state index in [2.05, 4.69) is 51.9 Å². The molecule has 1 heterocycles. The third kappa shape index (κ3) is 3.05. The Labute approximate surface area is 92.9 Å². The van der Waals surface area contributed by atoms with Crippen LogP contribution in [0.3, 0.4) is 0 Å². The summed E-state index contributed by atoms with van der Waals surface area (Å²) in [6.07, 6.45) is 1.00. The zero-order valence-corrected chi connectivity index (χ0v) is 10.8. The van der Waals surface area contributed by atoms with Crippen molar-refractivity contribution in [1.82, 2.24) is 15.0 Å². The average Bonchev–Trinajstić information content (AvgIpc) is 2.44. The summed E-state index contributed by atoms with van der Waals surface area (Å²) in [5.41, 5.74) is 2.74. The molecule has 0 saturated heterocycles. The lowest BCUT2D eigenvalue weighted by Crippen LogP contribution is -2.13. The van der Waals surface area contributed by atoms with Gasteiger partial charge in [0.15, 0.2) is 0 Å². The van der Waals surface area contributed by atoms with Crippen LogP contribution in [-0.4, -0.2) is 15.0 Å². The average molecular weight is 209 g/mol. The van der Waals surface area contributed by atoms with Gasteiger partial charge < -0.3 is 0 Å². The van der Waals surface area contributed by atoms with Crippen molar-refractivity contribution >= 4 is 0 Å². The van der Waals surface area contributed by atoms with Gasteiger partial charge in [-0.1, -0.05) is 39.8 Å². The molecule has 0 radical (unpaired) electrons. The third-order valence-electron chi connectivity index (χ3n) is 2.39. The van der Waals surface area contributed by atoms with Crippen LogP contribution >= 0.6 is 0 Å². The molecule has 1 rings (SSSR count). The SMILES string of the molecule is CCn1nnc(CC(C)(C)C)c1C(C)C. The van der Waals surface area contributed by atoms with Crippen LogP contribution in [0.4, 0.5) is 0 Å². The fourth-order valence-corrected chi connectivity index (χ4v) is 1.85. The van der Waals surface area contributed by atoms with Crippen LogP contribution in [0.25, 0.3) is 0 Å². The molecular formula is C12H23N3. The van der Waals surface area contributed by atoms with Crippen molar-refractivity contribution in [3.05, 3.63) is 11.4 Å². The molecule has 0 aromatic carbocycles. The summed E-state index contributed by atoms with van der Waals surface area (Å²) in [4.78, 5) is 0. The summed E-state index contributed by atoms with van der Waals surface area (Å²) in [5, 5.41) is 8.51. The number of rotatable bonds is 3. The molecule has 0 amide bonds. The van der Waals surface area contributed by atoms with Crippen LogP contribution in [0.15, 0.2) is 0 Å². The Morgan fingerprint density at radius 3 is 2.27 bits per heavy atom. The number of aromatic nitrogens is 3. The molecule has 0 bridgehead atoms. The minimum atomic E-state index is 0.276. The van der Waals surface area contributed by atoms with Gasteiger partial charge in [-0.25, -0.2) is 4.68 Å². The fourth-order valence-electron chi connectivity index (χ4n) is 1.85. The second kappa shape index (κ2) is 4.33. The van der Waals surface area contributed by atoms with E-state index in [1.54, 1.807) is 0 Å². The molecule has 0 aliphatic carbocycles. The van der Waals surface area contributed by atoms with E-state index in [0.717, 1.165) is 13.0 Å². The van der Waals surface area contributed by atoms with Crippen LogP contribution in [0.5, 0.6) is 0 Å². The molecule has 1 aromatic rings. The van der Waals surface area contributed by atoms with E-state index in [1.165, 1.54) is 11.4 Å². The van der Waals surface area contributed by atoms with E-state index in [9.17, 15) is 0 Å². The molecule has 86 valence electrons. The van der Waals surface area contributed by atoms with Gasteiger partial charge in [-0.3, -0.25) is 0 Å². The molecule has 0 atom stereocenters. The van der Waals surface area contributed by atoms with Crippen molar-refractivity contribution in [2.45, 2.75) is 60.4 Å². The van der Waals surface area contributed by atoms with Gasteiger partial charge in [-0.05, 0) is 24.7 Å². The topological polar surface area (TPSA) is 30.7 Å². The van der Waals surface area contributed by atoms with Crippen LogP contribution in [0.1, 0.15) is 58.8 Å². The number of aryl methyl sites for hydroxylation is 1. The Kier molecular flexibility index (Phi) is 3.53. The molecule has 0 N–H and O–H groups in total. The predicted molar refractivity (Wildman–Crippen MR) is 62.9 cm³/mol. The van der Waals surface area contributed by atoms with Gasteiger partial charge in [-0.2, -0.15) is 0 Å². The highest BCUT2D eigenvalue weighted by Gasteiger charge is 2.20. The van der Waals surface area contributed by atoms with Crippen molar-refractivity contribution in [1.29, 1.82) is 0 Å². The highest BCUT2D eigenvalue weighted by atomic mass is 15.4. The van der Waals surface area contributed by atoms with Gasteiger partial charge in [0.05, 0.1) is 11.4 Å². The van der Waals surface area contributed by atoms with Gasteiger partial charge in [0.2, 0.25) is 0 Å². The molecule has 1 aromatic heterocycles. The van der Waals surface area contributed by atoms with Crippen molar-refractivity contribution in [2.75, 3.05) is 0 Å². The van der Waals surface area contributed by atoms with Crippen LogP contribution in [0, 0.1) is 5.41 Å². The van der Waals surface area contributed by atoms with Crippen molar-refractivity contribution in [2.24, 2.45) is 5.41 Å². The normalized spacial score (nSPS) is 12.5. The van der Waals surface area contributed by atoms with E-state index in [-0.39, 0.29) is 5.41 Å². The van der Waals surface area contributed by atoms with E-state index >= 15 is 0 Å². The second-order valence-corrected chi connectivity index (χ2v) is 5.63. The minimum absolute atomic E-state index is 0.276. The Morgan fingerprint density at radius 2 is 1.87 bits per heavy atom. The first-order chi connectivity index (χ1) is 6.85. The highest BCUT2D eigenvalue weighted by molar-refractivity contribution is 5.15. The highest BCUT2D eigenvalue weighted by Crippen LogP contribution is 2.25. The molecule has 0 aliphatic rings. The van der Waals surface area contributed by atoms with E-state index in [0.29, 0.717) is 5.92 Å². The monoisotopic (exact) mass is 209 g/mol. The molecule has 3 heteroatoms. The second-order valence-electron chi connectivity index (χ2n) is 5.63. The lowest BCUT2D eigenvalue weighted by molar-refractivity contribution is 0.403. The third-order valence-corrected chi connectivity index (χ3v) is 2.39. The first kappa shape index (κ1) is 12.2. The minimum Gasteiger partial charge on any atom is -0.249 e. The van der Waals surface area contributed by atoms with E-state index in [1.807, 2.05) is 4.68 Å². The zero-order valence-electron chi connectivity index (χ0n) is 10.8. The largest absolute Gasteiger partial charge is 0.249 e. The van der Waals surface area contributed by atoms with E-state index in [4.69, 9.17) is 0 Å². The fraction of sp³-hybridized carbons (Fsp3) is 0.833. The molecule has 0 fully saturated rings. The number of hydrogen-bond acceptors (Lipinski definition) is 2. The molecule has 0 aliphatic heterocycles. The first-order valence-electron chi connectivity index (χ1n) is 5.77. The molecule has 0 saturated carbocycles. The summed E-state index contributed by atoms with van der Waals surface area (Å²) in [6.45, 7) is 14.1. The lowest BCUT2D eigenvalue weighted by Gasteiger charge is -2.18. The predicted octanol–water partition coefficient (Wildman–Crippen LogP) is 3.01. The summed E-state index contributed by atoms with van der Waals surface area (Å²) in [5.74, 6) is 0.497. The standard InChI is InChI=1S/C12H23N3/c1-7-15-11(9(2)3)10(13-14-15)8-12(4,5)6/h9H,7-8H2,1-6H3. The van der Waals surface area contributed by atoms with Crippen LogP contribution < -0.4 is 0 Å². The van der Waals surface area contributed by atoms with E-state index < -0.39 is 0 Å². The smallest absolute Gasteiger partial charge is 0.0867 e. The molecular weight excluding hydrogens is 186 g/mol. The van der Waals surface area contributed by atoms with Crippen molar-refractivity contribution in [3.8, 4) is 0 Å². The number of hydrogen-bond donors (Lipinski definition) is 0. The maximum atomic E-state index is 4.31. The summed E-state index contributed by atoms with van der Waals surface area (Å²) in [7, 11) is 0. The molecule has 15 heavy (non-hydrogen) atoms. The van der Waals surface area contributed by atoms with Gasteiger partial charge in [0, 0.05) is 6.54 Å². The summed E-state index contributed by atoms with van der Waals surface area (Å²) in [6, 6.07) is 0.